The van der Waals surface area contributed by atoms with Crippen molar-refractivity contribution in [3.63, 3.8) is 0 Å². The third kappa shape index (κ3) is 0.820. The predicted octanol–water partition coefficient (Wildman–Crippen LogP) is 1.47. The summed E-state index contributed by atoms with van der Waals surface area (Å²) < 4.78 is 5.84. The number of ether oxygens (including phenoxy) is 1. The second-order valence-electron chi connectivity index (χ2n) is 5.70. The smallest absolute Gasteiger partial charge is 0.230 e. The predicted molar refractivity (Wildman–Crippen MR) is 62.8 cm³/mol. The van der Waals surface area contributed by atoms with Crippen LogP contribution in [-0.2, 0) is 10.2 Å². The number of fused-ring (bicyclic) bond motifs is 2. The molecule has 0 aromatic heterocycles. The molecule has 0 radical (unpaired) electrons. The molecule has 3 heteroatoms. The van der Waals surface area contributed by atoms with E-state index in [4.69, 9.17) is 4.74 Å². The van der Waals surface area contributed by atoms with Crippen molar-refractivity contribution >= 4 is 5.91 Å². The molecule has 2 aliphatic heterocycles. The largest absolute Gasteiger partial charge is 0.492 e. The van der Waals surface area contributed by atoms with Crippen LogP contribution in [0.25, 0.3) is 0 Å². The number of carbonyl (C=O) groups is 1. The second-order valence-corrected chi connectivity index (χ2v) is 5.70. The van der Waals surface area contributed by atoms with E-state index in [0.717, 1.165) is 18.7 Å². The molecule has 1 saturated heterocycles. The summed E-state index contributed by atoms with van der Waals surface area (Å²) in [6, 6.07) is 8.14. The zero-order valence-electron chi connectivity index (χ0n) is 9.82. The molecule has 1 aromatic carbocycles. The van der Waals surface area contributed by atoms with Gasteiger partial charge < -0.3 is 10.1 Å². The van der Waals surface area contributed by atoms with Crippen molar-refractivity contribution in [3.8, 4) is 5.75 Å². The molecule has 3 atom stereocenters. The van der Waals surface area contributed by atoms with E-state index in [1.165, 1.54) is 5.56 Å². The van der Waals surface area contributed by atoms with Crippen LogP contribution in [0, 0.1) is 11.3 Å². The third-order valence-electron chi connectivity index (χ3n) is 5.19. The second kappa shape index (κ2) is 2.66. The Kier molecular flexibility index (Phi) is 1.49. The molecule has 1 unspecified atom stereocenters. The first-order valence-electron chi connectivity index (χ1n) is 6.19. The zero-order chi connectivity index (χ0) is 11.7. The minimum absolute atomic E-state index is 0.0346. The Hall–Kier alpha value is -1.51. The lowest BCUT2D eigenvalue weighted by atomic mass is 9.42. The van der Waals surface area contributed by atoms with Crippen molar-refractivity contribution in [2.75, 3.05) is 13.2 Å². The monoisotopic (exact) mass is 229 g/mol. The van der Waals surface area contributed by atoms with Gasteiger partial charge in [-0.05, 0) is 18.4 Å². The van der Waals surface area contributed by atoms with Gasteiger partial charge in [0.15, 0.2) is 0 Å². The van der Waals surface area contributed by atoms with Crippen LogP contribution in [0.15, 0.2) is 24.3 Å². The summed E-state index contributed by atoms with van der Waals surface area (Å²) in [5.41, 5.74) is 0.869. The molecule has 1 aromatic rings. The lowest BCUT2D eigenvalue weighted by Crippen LogP contribution is -2.66. The van der Waals surface area contributed by atoms with Crippen LogP contribution in [-0.4, -0.2) is 19.1 Å². The molecule has 2 fully saturated rings. The van der Waals surface area contributed by atoms with Gasteiger partial charge in [0.1, 0.15) is 12.4 Å². The molecular weight excluding hydrogens is 214 g/mol. The molecule has 1 amide bonds. The van der Waals surface area contributed by atoms with Gasteiger partial charge in [-0.1, -0.05) is 25.1 Å². The number of para-hydroxylation sites is 1. The summed E-state index contributed by atoms with van der Waals surface area (Å²) in [7, 11) is 0. The van der Waals surface area contributed by atoms with Crippen molar-refractivity contribution in [3.05, 3.63) is 29.8 Å². The van der Waals surface area contributed by atoms with Crippen LogP contribution >= 0.6 is 0 Å². The molecule has 1 N–H and O–H groups in total. The molecule has 3 nitrogen and oxygen atoms in total. The van der Waals surface area contributed by atoms with E-state index >= 15 is 0 Å². The van der Waals surface area contributed by atoms with Crippen molar-refractivity contribution in [2.24, 2.45) is 11.3 Å². The average molecular weight is 229 g/mol. The van der Waals surface area contributed by atoms with Gasteiger partial charge in [0.2, 0.25) is 5.91 Å². The van der Waals surface area contributed by atoms with Gasteiger partial charge in [-0.2, -0.15) is 0 Å². The summed E-state index contributed by atoms with van der Waals surface area (Å²) >= 11 is 0. The number of rotatable bonds is 0. The standard InChI is InChI=1S/C14H15NO2/c1-13-6-9-7-15-12(16)14(9,13)8-17-11-5-3-2-4-10(11)13/h2-5,9H,6-8H2,1H3,(H,15,16)/t9?,13-,14-/m1/s1. The number of nitrogens with one attached hydrogen (secondary N) is 1. The van der Waals surface area contributed by atoms with Gasteiger partial charge in [-0.15, -0.1) is 0 Å². The van der Waals surface area contributed by atoms with Crippen molar-refractivity contribution in [2.45, 2.75) is 18.8 Å². The van der Waals surface area contributed by atoms with Crippen molar-refractivity contribution in [1.82, 2.24) is 5.32 Å². The highest BCUT2D eigenvalue weighted by Gasteiger charge is 2.72. The maximum Gasteiger partial charge on any atom is 0.230 e. The van der Waals surface area contributed by atoms with Gasteiger partial charge in [-0.25, -0.2) is 0 Å². The number of benzene rings is 1. The molecule has 1 saturated carbocycles. The normalized spacial score (nSPS) is 41.5. The van der Waals surface area contributed by atoms with Gasteiger partial charge in [0.25, 0.3) is 0 Å². The average Bonchev–Trinajstić information content (AvgIpc) is 2.57. The summed E-state index contributed by atoms with van der Waals surface area (Å²) in [5.74, 6) is 1.60. The fourth-order valence-electron chi connectivity index (χ4n) is 4.16. The van der Waals surface area contributed by atoms with E-state index < -0.39 is 0 Å². The molecule has 3 aliphatic rings. The Labute approximate surface area is 100 Å². The SMILES string of the molecule is C[C@]12CC3CNC(=O)[C@@]31COc1ccccc12. The van der Waals surface area contributed by atoms with Crippen LogP contribution in [0.4, 0.5) is 0 Å². The Morgan fingerprint density at radius 3 is 3.06 bits per heavy atom. The Bertz CT molecular complexity index is 527. The molecule has 4 rings (SSSR count). The van der Waals surface area contributed by atoms with E-state index in [-0.39, 0.29) is 16.7 Å². The lowest BCUT2D eigenvalue weighted by Gasteiger charge is -2.60. The van der Waals surface area contributed by atoms with Gasteiger partial charge in [-0.3, -0.25) is 4.79 Å². The Morgan fingerprint density at radius 2 is 2.24 bits per heavy atom. The van der Waals surface area contributed by atoms with Crippen LogP contribution in [0.1, 0.15) is 18.9 Å². The van der Waals surface area contributed by atoms with Gasteiger partial charge in [0.05, 0.1) is 5.41 Å². The van der Waals surface area contributed by atoms with E-state index in [0.29, 0.717) is 12.5 Å². The van der Waals surface area contributed by atoms with E-state index in [2.05, 4.69) is 18.3 Å². The lowest BCUT2D eigenvalue weighted by molar-refractivity contribution is -0.153. The van der Waals surface area contributed by atoms with Crippen molar-refractivity contribution < 1.29 is 9.53 Å². The minimum atomic E-state index is -0.304. The highest BCUT2D eigenvalue weighted by atomic mass is 16.5. The first-order chi connectivity index (χ1) is 8.18. The molecule has 0 bridgehead atoms. The fourth-order valence-corrected chi connectivity index (χ4v) is 4.16. The summed E-state index contributed by atoms with van der Waals surface area (Å²) in [6.45, 7) is 3.58. The van der Waals surface area contributed by atoms with Crippen LogP contribution in [0.5, 0.6) is 5.75 Å². The molecule has 1 aliphatic carbocycles. The van der Waals surface area contributed by atoms with Gasteiger partial charge in [0, 0.05) is 17.5 Å². The molecule has 2 heterocycles. The first kappa shape index (κ1) is 9.51. The maximum absolute atomic E-state index is 12.2. The van der Waals surface area contributed by atoms with Crippen LogP contribution in [0.2, 0.25) is 0 Å². The van der Waals surface area contributed by atoms with Gasteiger partial charge >= 0.3 is 0 Å². The highest BCUT2D eigenvalue weighted by Crippen LogP contribution is 2.66. The number of hydrogen-bond donors (Lipinski definition) is 1. The maximum atomic E-state index is 12.2. The summed E-state index contributed by atoms with van der Waals surface area (Å²) in [6.07, 6.45) is 1.09. The molecule has 17 heavy (non-hydrogen) atoms. The molecule has 1 spiro atoms. The number of hydrogen-bond acceptors (Lipinski definition) is 2. The quantitative estimate of drug-likeness (QED) is 0.731. The summed E-state index contributed by atoms with van der Waals surface area (Å²) in [5, 5.41) is 3.01. The van der Waals surface area contributed by atoms with E-state index in [9.17, 15) is 4.79 Å². The Balaban J connectivity index is 1.93. The number of carbonyl (C=O) groups excluding carboxylic acids is 1. The topological polar surface area (TPSA) is 38.3 Å². The number of amides is 1. The zero-order valence-corrected chi connectivity index (χ0v) is 9.82. The third-order valence-corrected chi connectivity index (χ3v) is 5.19. The first-order valence-corrected chi connectivity index (χ1v) is 6.19. The fraction of sp³-hybridized carbons (Fsp3) is 0.500. The van der Waals surface area contributed by atoms with E-state index in [1.54, 1.807) is 0 Å². The Morgan fingerprint density at radius 1 is 1.41 bits per heavy atom. The highest BCUT2D eigenvalue weighted by molar-refractivity contribution is 5.90. The molecule has 88 valence electrons. The van der Waals surface area contributed by atoms with Crippen LogP contribution < -0.4 is 10.1 Å². The molecular formula is C14H15NO2. The van der Waals surface area contributed by atoms with Crippen LogP contribution in [0.3, 0.4) is 0 Å². The van der Waals surface area contributed by atoms with E-state index in [1.807, 2.05) is 18.2 Å². The minimum Gasteiger partial charge on any atom is -0.492 e. The summed E-state index contributed by atoms with van der Waals surface area (Å²) in [4.78, 5) is 12.2. The van der Waals surface area contributed by atoms with Crippen molar-refractivity contribution in [1.29, 1.82) is 0 Å².